The highest BCUT2D eigenvalue weighted by atomic mass is 28.4. The van der Waals surface area contributed by atoms with E-state index in [1.165, 1.54) is 15.3 Å². The zero-order valence-corrected chi connectivity index (χ0v) is 21.1. The van der Waals surface area contributed by atoms with Gasteiger partial charge in [0.15, 0.2) is 5.78 Å². The molecule has 6 heteroatoms. The van der Waals surface area contributed by atoms with Gasteiger partial charge in [0.2, 0.25) is 0 Å². The molecule has 0 spiro atoms. The highest BCUT2D eigenvalue weighted by Gasteiger charge is 2.51. The molecule has 2 aromatic rings. The van der Waals surface area contributed by atoms with Crippen LogP contribution in [0.2, 0.25) is 5.04 Å². The third-order valence-corrected chi connectivity index (χ3v) is 10.8. The van der Waals surface area contributed by atoms with Crippen LogP contribution in [-0.2, 0) is 14.0 Å². The lowest BCUT2D eigenvalue weighted by atomic mass is 10.2. The molecule has 32 heavy (non-hydrogen) atoms. The van der Waals surface area contributed by atoms with Crippen molar-refractivity contribution in [1.29, 1.82) is 0 Å². The van der Waals surface area contributed by atoms with Gasteiger partial charge in [0.05, 0.1) is 19.2 Å². The predicted molar refractivity (Wildman–Crippen MR) is 130 cm³/mol. The van der Waals surface area contributed by atoms with Gasteiger partial charge in [-0.15, -0.1) is 0 Å². The quantitative estimate of drug-likeness (QED) is 0.639. The molecular weight excluding hydrogens is 418 g/mol. The molecule has 172 valence electrons. The van der Waals surface area contributed by atoms with E-state index >= 15 is 0 Å². The van der Waals surface area contributed by atoms with Crippen LogP contribution in [0.1, 0.15) is 48.0 Å². The molecule has 1 atom stereocenters. The Hall–Kier alpha value is -2.44. The molecule has 1 aliphatic rings. The van der Waals surface area contributed by atoms with Crippen molar-refractivity contribution in [3.8, 4) is 0 Å². The number of hydrogen-bond acceptors (Lipinski definition) is 4. The number of ketones is 1. The first-order valence-corrected chi connectivity index (χ1v) is 13.1. The van der Waals surface area contributed by atoms with Gasteiger partial charge in [-0.3, -0.25) is 9.69 Å². The monoisotopic (exact) mass is 453 g/mol. The summed E-state index contributed by atoms with van der Waals surface area (Å²) in [5.41, 5.74) is -0.619. The number of rotatable bonds is 5. The number of amides is 1. The Labute approximate surface area is 192 Å². The molecule has 1 amide bonds. The summed E-state index contributed by atoms with van der Waals surface area (Å²) in [7, 11) is -2.74. The van der Waals surface area contributed by atoms with Crippen LogP contribution in [-0.4, -0.2) is 49.9 Å². The topological polar surface area (TPSA) is 55.8 Å². The molecule has 0 bridgehead atoms. The number of nitrogens with zero attached hydrogens (tertiary/aromatic N) is 1. The number of hydrogen-bond donors (Lipinski definition) is 0. The van der Waals surface area contributed by atoms with Crippen molar-refractivity contribution in [2.24, 2.45) is 0 Å². The molecule has 0 N–H and O–H groups in total. The van der Waals surface area contributed by atoms with Crippen molar-refractivity contribution in [3.63, 3.8) is 0 Å². The summed E-state index contributed by atoms with van der Waals surface area (Å²) >= 11 is 0. The minimum absolute atomic E-state index is 0.0342. The molecule has 0 aromatic heterocycles. The van der Waals surface area contributed by atoms with Crippen LogP contribution in [0.4, 0.5) is 4.79 Å². The maximum atomic E-state index is 12.8. The number of likely N-dealkylation sites (tertiary alicyclic amines) is 1. The Morgan fingerprint density at radius 3 is 1.88 bits per heavy atom. The summed E-state index contributed by atoms with van der Waals surface area (Å²) in [6.07, 6.45) is -0.170. The molecule has 1 heterocycles. The maximum absolute atomic E-state index is 12.8. The smallest absolute Gasteiger partial charge is 0.411 e. The number of ether oxygens (including phenoxy) is 1. The molecule has 0 aliphatic carbocycles. The zero-order valence-electron chi connectivity index (χ0n) is 20.1. The van der Waals surface area contributed by atoms with E-state index in [0.717, 1.165) is 0 Å². The second kappa shape index (κ2) is 9.20. The largest absolute Gasteiger partial charge is 0.444 e. The van der Waals surface area contributed by atoms with E-state index in [1.807, 2.05) is 57.2 Å². The molecule has 0 radical (unpaired) electrons. The van der Waals surface area contributed by atoms with Crippen molar-refractivity contribution in [2.75, 3.05) is 13.2 Å². The van der Waals surface area contributed by atoms with Gasteiger partial charge in [-0.25, -0.2) is 4.79 Å². The molecule has 0 saturated carbocycles. The first-order valence-electron chi connectivity index (χ1n) is 11.2. The van der Waals surface area contributed by atoms with E-state index in [4.69, 9.17) is 9.16 Å². The fraction of sp³-hybridized carbons (Fsp3) is 0.462. The third-order valence-electron chi connectivity index (χ3n) is 5.79. The molecule has 5 nitrogen and oxygen atoms in total. The van der Waals surface area contributed by atoms with E-state index in [2.05, 4.69) is 45.0 Å². The van der Waals surface area contributed by atoms with Crippen molar-refractivity contribution in [1.82, 2.24) is 4.90 Å². The van der Waals surface area contributed by atoms with Gasteiger partial charge >= 0.3 is 6.09 Å². The van der Waals surface area contributed by atoms with E-state index in [1.54, 1.807) is 0 Å². The van der Waals surface area contributed by atoms with E-state index in [0.29, 0.717) is 0 Å². The highest BCUT2D eigenvalue weighted by Crippen LogP contribution is 2.37. The predicted octanol–water partition coefficient (Wildman–Crippen LogP) is 4.14. The summed E-state index contributed by atoms with van der Waals surface area (Å²) in [6.45, 7) is 12.5. The van der Waals surface area contributed by atoms with Gasteiger partial charge in [-0.05, 0) is 36.2 Å². The van der Waals surface area contributed by atoms with Crippen molar-refractivity contribution in [2.45, 2.75) is 64.6 Å². The molecule has 1 saturated heterocycles. The Bertz CT molecular complexity index is 892. The maximum Gasteiger partial charge on any atom is 0.411 e. The van der Waals surface area contributed by atoms with E-state index in [-0.39, 0.29) is 36.4 Å². The normalized spacial score (nSPS) is 17.5. The minimum Gasteiger partial charge on any atom is -0.444 e. The summed E-state index contributed by atoms with van der Waals surface area (Å²) in [4.78, 5) is 26.6. The first-order chi connectivity index (χ1) is 14.9. The van der Waals surface area contributed by atoms with Crippen molar-refractivity contribution in [3.05, 3.63) is 60.7 Å². The third kappa shape index (κ3) is 5.13. The van der Waals surface area contributed by atoms with Crippen LogP contribution in [0, 0.1) is 0 Å². The second-order valence-electron chi connectivity index (χ2n) is 10.5. The molecule has 2 aromatic carbocycles. The van der Waals surface area contributed by atoms with Gasteiger partial charge in [0, 0.05) is 6.42 Å². The number of carbonyl (C=O) groups is 2. The lowest BCUT2D eigenvalue weighted by Gasteiger charge is -2.44. The average Bonchev–Trinajstić information content (AvgIpc) is 3.09. The lowest BCUT2D eigenvalue weighted by molar-refractivity contribution is -0.117. The van der Waals surface area contributed by atoms with Crippen LogP contribution < -0.4 is 10.4 Å². The zero-order chi connectivity index (χ0) is 23.6. The molecular formula is C26H35NO4Si. The van der Waals surface area contributed by atoms with Crippen molar-refractivity contribution >= 4 is 30.6 Å². The van der Waals surface area contributed by atoms with Crippen LogP contribution in [0.3, 0.4) is 0 Å². The standard InChI is InChI=1S/C26H35NO4Si/c1-25(2,3)31-24(29)27-18-21(28)17-20(27)19-30-32(26(4,5)6,22-13-9-7-10-14-22)23-15-11-8-12-16-23/h7-16,20H,17-19H2,1-6H3/t20-/m1/s1. The lowest BCUT2D eigenvalue weighted by Crippen LogP contribution is -2.67. The summed E-state index contributed by atoms with van der Waals surface area (Å²) in [6, 6.07) is 20.4. The fourth-order valence-corrected chi connectivity index (χ4v) is 9.02. The Balaban J connectivity index is 1.97. The summed E-state index contributed by atoms with van der Waals surface area (Å²) in [5, 5.41) is 2.17. The first kappa shape index (κ1) is 24.2. The van der Waals surface area contributed by atoms with Crippen molar-refractivity contribution < 1.29 is 18.8 Å². The van der Waals surface area contributed by atoms with Gasteiger partial charge in [-0.1, -0.05) is 81.4 Å². The number of carbonyl (C=O) groups excluding carboxylic acids is 2. The molecule has 0 unspecified atom stereocenters. The molecule has 1 fully saturated rings. The SMILES string of the molecule is CC(C)(C)OC(=O)N1CC(=O)C[C@@H]1CO[Si](c1ccccc1)(c1ccccc1)C(C)(C)C. The van der Waals surface area contributed by atoms with Gasteiger partial charge in [-0.2, -0.15) is 0 Å². The molecule has 1 aliphatic heterocycles. The molecule has 3 rings (SSSR count). The van der Waals surface area contributed by atoms with E-state index in [9.17, 15) is 9.59 Å². The van der Waals surface area contributed by atoms with Gasteiger partial charge in [0.25, 0.3) is 8.32 Å². The van der Waals surface area contributed by atoms with Crippen LogP contribution in [0.15, 0.2) is 60.7 Å². The van der Waals surface area contributed by atoms with Gasteiger partial charge < -0.3 is 9.16 Å². The summed E-state index contributed by atoms with van der Waals surface area (Å²) in [5.74, 6) is 0.0342. The summed E-state index contributed by atoms with van der Waals surface area (Å²) < 4.78 is 12.5. The Kier molecular flexibility index (Phi) is 6.96. The van der Waals surface area contributed by atoms with Gasteiger partial charge in [0.1, 0.15) is 5.60 Å². The van der Waals surface area contributed by atoms with Crippen LogP contribution in [0.5, 0.6) is 0 Å². The Morgan fingerprint density at radius 1 is 0.938 bits per heavy atom. The van der Waals surface area contributed by atoms with Crippen LogP contribution >= 0.6 is 0 Å². The second-order valence-corrected chi connectivity index (χ2v) is 14.8. The van der Waals surface area contributed by atoms with Crippen LogP contribution in [0.25, 0.3) is 0 Å². The van der Waals surface area contributed by atoms with E-state index < -0.39 is 20.0 Å². The highest BCUT2D eigenvalue weighted by molar-refractivity contribution is 6.99. The average molecular weight is 454 g/mol. The number of Topliss-reactive ketones (excluding diaryl/α,β-unsaturated/α-hetero) is 1. The fourth-order valence-electron chi connectivity index (χ4n) is 4.42. The Morgan fingerprint density at radius 2 is 1.44 bits per heavy atom. The minimum atomic E-state index is -2.74. The number of benzene rings is 2.